The zero-order valence-electron chi connectivity index (χ0n) is 14.1. The highest BCUT2D eigenvalue weighted by Gasteiger charge is 2.24. The van der Waals surface area contributed by atoms with Gasteiger partial charge in [-0.25, -0.2) is 0 Å². The number of likely N-dealkylation sites (tertiary alicyclic amines) is 1. The van der Waals surface area contributed by atoms with Crippen LogP contribution < -0.4 is 5.32 Å². The minimum atomic E-state index is 0.220. The monoisotopic (exact) mass is 295 g/mol. The lowest BCUT2D eigenvalue weighted by molar-refractivity contribution is -0.130. The number of nitrogens with zero attached hydrogens (tertiary/aromatic N) is 2. The summed E-state index contributed by atoms with van der Waals surface area (Å²) in [6.07, 6.45) is 8.03. The van der Waals surface area contributed by atoms with Gasteiger partial charge in [0.05, 0.1) is 6.54 Å². The van der Waals surface area contributed by atoms with Gasteiger partial charge in [-0.3, -0.25) is 9.69 Å². The first-order valence-electron chi connectivity index (χ1n) is 8.72. The van der Waals surface area contributed by atoms with Crippen LogP contribution >= 0.6 is 0 Å². The molecule has 1 aliphatic heterocycles. The van der Waals surface area contributed by atoms with E-state index in [1.165, 1.54) is 45.1 Å². The third-order valence-electron chi connectivity index (χ3n) is 5.40. The van der Waals surface area contributed by atoms with Crippen LogP contribution in [0.15, 0.2) is 0 Å². The summed E-state index contributed by atoms with van der Waals surface area (Å²) in [7, 11) is 3.67. The van der Waals surface area contributed by atoms with E-state index >= 15 is 0 Å². The SMILES string of the molecule is CC1CCCCC1CNC1CCN(CC(=O)N(C)C)CC1. The average Bonchev–Trinajstić information content (AvgIpc) is 2.48. The predicted octanol–water partition coefficient (Wildman–Crippen LogP) is 1.95. The van der Waals surface area contributed by atoms with Crippen molar-refractivity contribution < 1.29 is 4.79 Å². The molecule has 1 N–H and O–H groups in total. The average molecular weight is 295 g/mol. The Hall–Kier alpha value is -0.610. The van der Waals surface area contributed by atoms with Gasteiger partial charge in [0.15, 0.2) is 0 Å². The summed E-state index contributed by atoms with van der Waals surface area (Å²) in [6, 6.07) is 0.657. The summed E-state index contributed by atoms with van der Waals surface area (Å²) in [5.74, 6) is 1.99. The first kappa shape index (κ1) is 16.8. The number of hydrogen-bond acceptors (Lipinski definition) is 3. The maximum absolute atomic E-state index is 11.7. The molecule has 4 heteroatoms. The van der Waals surface area contributed by atoms with Crippen molar-refractivity contribution >= 4 is 5.91 Å². The molecule has 1 heterocycles. The molecule has 0 radical (unpaired) electrons. The molecule has 1 saturated heterocycles. The number of carbonyl (C=O) groups is 1. The molecule has 21 heavy (non-hydrogen) atoms. The number of hydrogen-bond donors (Lipinski definition) is 1. The molecule has 1 aliphatic carbocycles. The van der Waals surface area contributed by atoms with Crippen LogP contribution in [0, 0.1) is 11.8 Å². The first-order chi connectivity index (χ1) is 10.1. The summed E-state index contributed by atoms with van der Waals surface area (Å²) in [5.41, 5.74) is 0. The van der Waals surface area contributed by atoms with E-state index in [1.54, 1.807) is 4.90 Å². The summed E-state index contributed by atoms with van der Waals surface area (Å²) >= 11 is 0. The normalized spacial score (nSPS) is 28.5. The minimum absolute atomic E-state index is 0.220. The fourth-order valence-electron chi connectivity index (χ4n) is 3.64. The van der Waals surface area contributed by atoms with E-state index in [4.69, 9.17) is 0 Å². The third kappa shape index (κ3) is 5.26. The molecule has 0 spiro atoms. The molecule has 2 aliphatic rings. The number of likely N-dealkylation sites (N-methyl/N-ethyl adjacent to an activating group) is 1. The van der Waals surface area contributed by atoms with Crippen LogP contribution in [0.5, 0.6) is 0 Å². The number of rotatable bonds is 5. The van der Waals surface area contributed by atoms with Crippen LogP contribution in [0.4, 0.5) is 0 Å². The summed E-state index contributed by atoms with van der Waals surface area (Å²) in [6.45, 7) is 6.30. The molecule has 1 amide bonds. The van der Waals surface area contributed by atoms with Gasteiger partial charge in [0.2, 0.25) is 5.91 Å². The largest absolute Gasteiger partial charge is 0.348 e. The second-order valence-electron chi connectivity index (χ2n) is 7.27. The molecule has 4 nitrogen and oxygen atoms in total. The second-order valence-corrected chi connectivity index (χ2v) is 7.27. The van der Waals surface area contributed by atoms with Gasteiger partial charge in [0.25, 0.3) is 0 Å². The van der Waals surface area contributed by atoms with Gasteiger partial charge in [0.1, 0.15) is 0 Å². The van der Waals surface area contributed by atoms with Gasteiger partial charge in [-0.15, -0.1) is 0 Å². The fraction of sp³-hybridized carbons (Fsp3) is 0.941. The van der Waals surface area contributed by atoms with Crippen molar-refractivity contribution in [2.75, 3.05) is 40.3 Å². The fourth-order valence-corrected chi connectivity index (χ4v) is 3.64. The van der Waals surface area contributed by atoms with Gasteiger partial charge in [0, 0.05) is 33.2 Å². The van der Waals surface area contributed by atoms with E-state index in [2.05, 4.69) is 17.1 Å². The van der Waals surface area contributed by atoms with E-state index in [9.17, 15) is 4.79 Å². The molecule has 0 aromatic carbocycles. The molecule has 2 fully saturated rings. The van der Waals surface area contributed by atoms with Crippen LogP contribution in [0.1, 0.15) is 45.4 Å². The van der Waals surface area contributed by atoms with Crippen molar-refractivity contribution in [1.29, 1.82) is 0 Å². The standard InChI is InChI=1S/C17H33N3O/c1-14-6-4-5-7-15(14)12-18-16-8-10-20(11-9-16)13-17(21)19(2)3/h14-16,18H,4-13H2,1-3H3. The zero-order chi connectivity index (χ0) is 15.2. The molecule has 0 bridgehead atoms. The van der Waals surface area contributed by atoms with Crippen LogP contribution in [-0.4, -0.2) is 62.0 Å². The zero-order valence-corrected chi connectivity index (χ0v) is 14.1. The van der Waals surface area contributed by atoms with Gasteiger partial charge < -0.3 is 10.2 Å². The first-order valence-corrected chi connectivity index (χ1v) is 8.72. The number of carbonyl (C=O) groups excluding carboxylic acids is 1. The molecule has 0 aromatic heterocycles. The van der Waals surface area contributed by atoms with Gasteiger partial charge >= 0.3 is 0 Å². The van der Waals surface area contributed by atoms with E-state index in [-0.39, 0.29) is 5.91 Å². The van der Waals surface area contributed by atoms with Crippen molar-refractivity contribution in [2.24, 2.45) is 11.8 Å². The summed E-state index contributed by atoms with van der Waals surface area (Å²) in [5, 5.41) is 3.80. The van der Waals surface area contributed by atoms with Crippen LogP contribution in [-0.2, 0) is 4.79 Å². The maximum Gasteiger partial charge on any atom is 0.236 e. The number of amides is 1. The molecule has 2 atom stereocenters. The molecule has 2 rings (SSSR count). The third-order valence-corrected chi connectivity index (χ3v) is 5.40. The highest BCUT2D eigenvalue weighted by molar-refractivity contribution is 5.77. The second kappa shape index (κ2) is 8.14. The van der Waals surface area contributed by atoms with Gasteiger partial charge in [-0.1, -0.05) is 26.2 Å². The molecule has 1 saturated carbocycles. The molecule has 122 valence electrons. The quantitative estimate of drug-likeness (QED) is 0.842. The molecule has 2 unspecified atom stereocenters. The lowest BCUT2D eigenvalue weighted by atomic mass is 9.80. The Balaban J connectivity index is 1.63. The lowest BCUT2D eigenvalue weighted by Crippen LogP contribution is -2.47. The van der Waals surface area contributed by atoms with E-state index in [0.29, 0.717) is 12.6 Å². The highest BCUT2D eigenvalue weighted by Crippen LogP contribution is 2.29. The van der Waals surface area contributed by atoms with Gasteiger partial charge in [-0.05, 0) is 37.6 Å². The smallest absolute Gasteiger partial charge is 0.236 e. The van der Waals surface area contributed by atoms with Crippen molar-refractivity contribution in [2.45, 2.75) is 51.5 Å². The van der Waals surface area contributed by atoms with Crippen LogP contribution in [0.25, 0.3) is 0 Å². The Morgan fingerprint density at radius 3 is 2.43 bits per heavy atom. The summed E-state index contributed by atoms with van der Waals surface area (Å²) < 4.78 is 0. The Labute approximate surface area is 130 Å². The minimum Gasteiger partial charge on any atom is -0.348 e. The van der Waals surface area contributed by atoms with Gasteiger partial charge in [-0.2, -0.15) is 0 Å². The van der Waals surface area contributed by atoms with Crippen molar-refractivity contribution in [1.82, 2.24) is 15.1 Å². The molecule has 0 aromatic rings. The highest BCUT2D eigenvalue weighted by atomic mass is 16.2. The van der Waals surface area contributed by atoms with Crippen molar-refractivity contribution in [3.8, 4) is 0 Å². The number of nitrogens with one attached hydrogen (secondary N) is 1. The maximum atomic E-state index is 11.7. The van der Waals surface area contributed by atoms with E-state index in [0.717, 1.165) is 24.9 Å². The Kier molecular flexibility index (Phi) is 6.49. The van der Waals surface area contributed by atoms with Crippen LogP contribution in [0.2, 0.25) is 0 Å². The van der Waals surface area contributed by atoms with Crippen molar-refractivity contribution in [3.05, 3.63) is 0 Å². The Bertz CT molecular complexity index is 324. The Morgan fingerprint density at radius 1 is 1.14 bits per heavy atom. The van der Waals surface area contributed by atoms with Crippen molar-refractivity contribution in [3.63, 3.8) is 0 Å². The van der Waals surface area contributed by atoms with E-state index < -0.39 is 0 Å². The van der Waals surface area contributed by atoms with E-state index in [1.807, 2.05) is 14.1 Å². The number of piperidine rings is 1. The topological polar surface area (TPSA) is 35.6 Å². The molecular formula is C17H33N3O. The predicted molar refractivity (Wildman–Crippen MR) is 87.3 cm³/mol. The summed E-state index contributed by atoms with van der Waals surface area (Å²) in [4.78, 5) is 15.7. The van der Waals surface area contributed by atoms with Crippen LogP contribution in [0.3, 0.4) is 0 Å². The molecular weight excluding hydrogens is 262 g/mol. The Morgan fingerprint density at radius 2 is 1.81 bits per heavy atom. The lowest BCUT2D eigenvalue weighted by Gasteiger charge is -2.35.